The van der Waals surface area contributed by atoms with E-state index in [0.717, 1.165) is 5.56 Å². The van der Waals surface area contributed by atoms with Crippen LogP contribution in [0.2, 0.25) is 0 Å². The Morgan fingerprint density at radius 3 is 2.14 bits per heavy atom. The van der Waals surface area contributed by atoms with Gasteiger partial charge in [0, 0.05) is 18.8 Å². The monoisotopic (exact) mass is 214 g/mol. The van der Waals surface area contributed by atoms with E-state index in [1.54, 1.807) is 24.3 Å². The third kappa shape index (κ3) is 2.56. The van der Waals surface area contributed by atoms with Gasteiger partial charge in [-0.3, -0.25) is 0 Å². The molecule has 0 bridgehead atoms. The van der Waals surface area contributed by atoms with Crippen LogP contribution in [0.1, 0.15) is 18.4 Å². The lowest BCUT2D eigenvalue weighted by molar-refractivity contribution is 0.273. The lowest BCUT2D eigenvalue weighted by atomic mass is 10.0. The number of sulfone groups is 1. The van der Waals surface area contributed by atoms with E-state index in [1.165, 1.54) is 6.26 Å². The molecule has 0 heterocycles. The van der Waals surface area contributed by atoms with Crippen LogP contribution in [0, 0.1) is 0 Å². The normalized spacial score (nSPS) is 13.9. The molecule has 1 aromatic rings. The van der Waals surface area contributed by atoms with E-state index < -0.39 is 9.84 Å². The van der Waals surface area contributed by atoms with Crippen molar-refractivity contribution in [1.82, 2.24) is 0 Å². The molecule has 0 aliphatic heterocycles. The van der Waals surface area contributed by atoms with Crippen LogP contribution in [0.25, 0.3) is 0 Å². The minimum absolute atomic E-state index is 0.0450. The van der Waals surface area contributed by atoms with E-state index in [1.807, 2.05) is 6.92 Å². The van der Waals surface area contributed by atoms with Crippen LogP contribution in [0.5, 0.6) is 0 Å². The highest BCUT2D eigenvalue weighted by molar-refractivity contribution is 7.90. The topological polar surface area (TPSA) is 54.4 Å². The highest BCUT2D eigenvalue weighted by atomic mass is 32.2. The molecule has 0 aliphatic carbocycles. The van der Waals surface area contributed by atoms with Crippen LogP contribution < -0.4 is 0 Å². The zero-order valence-corrected chi connectivity index (χ0v) is 9.08. The molecule has 3 nitrogen and oxygen atoms in total. The average molecular weight is 214 g/mol. The van der Waals surface area contributed by atoms with E-state index in [2.05, 4.69) is 0 Å². The van der Waals surface area contributed by atoms with Crippen LogP contribution in [-0.2, 0) is 9.84 Å². The van der Waals surface area contributed by atoms with E-state index in [-0.39, 0.29) is 12.5 Å². The summed E-state index contributed by atoms with van der Waals surface area (Å²) in [7, 11) is -3.11. The molecule has 0 amide bonds. The van der Waals surface area contributed by atoms with Crippen LogP contribution >= 0.6 is 0 Å². The molecule has 0 saturated carbocycles. The maximum Gasteiger partial charge on any atom is 0.175 e. The van der Waals surface area contributed by atoms with Gasteiger partial charge in [-0.05, 0) is 17.7 Å². The Labute approximate surface area is 84.3 Å². The largest absolute Gasteiger partial charge is 0.396 e. The van der Waals surface area contributed by atoms with Gasteiger partial charge in [-0.2, -0.15) is 0 Å². The van der Waals surface area contributed by atoms with Gasteiger partial charge in [-0.25, -0.2) is 8.42 Å². The Hall–Kier alpha value is -0.870. The minimum Gasteiger partial charge on any atom is -0.396 e. The summed E-state index contributed by atoms with van der Waals surface area (Å²) in [5.41, 5.74) is 0.944. The van der Waals surface area contributed by atoms with E-state index in [9.17, 15) is 8.42 Å². The van der Waals surface area contributed by atoms with Gasteiger partial charge in [0.2, 0.25) is 0 Å². The summed E-state index contributed by atoms with van der Waals surface area (Å²) in [5, 5.41) is 8.90. The standard InChI is InChI=1S/C10H14O3S/c1-8(7-11)9-3-5-10(6-4-9)14(2,12)13/h3-6,8,11H,7H2,1-2H3. The van der Waals surface area contributed by atoms with Crippen molar-refractivity contribution in [3.05, 3.63) is 29.8 Å². The first-order chi connectivity index (χ1) is 6.45. The highest BCUT2D eigenvalue weighted by Crippen LogP contribution is 2.17. The number of aliphatic hydroxyl groups excluding tert-OH is 1. The Morgan fingerprint density at radius 1 is 1.29 bits per heavy atom. The van der Waals surface area contributed by atoms with E-state index in [4.69, 9.17) is 5.11 Å². The van der Waals surface area contributed by atoms with Crippen molar-refractivity contribution in [1.29, 1.82) is 0 Å². The smallest absolute Gasteiger partial charge is 0.175 e. The van der Waals surface area contributed by atoms with Crippen molar-refractivity contribution >= 4 is 9.84 Å². The number of aliphatic hydroxyl groups is 1. The highest BCUT2D eigenvalue weighted by Gasteiger charge is 2.08. The number of hydrogen-bond donors (Lipinski definition) is 1. The summed E-state index contributed by atoms with van der Waals surface area (Å²) in [5.74, 6) is 0.0450. The van der Waals surface area contributed by atoms with E-state index >= 15 is 0 Å². The minimum atomic E-state index is -3.11. The SMILES string of the molecule is CC(CO)c1ccc(S(C)(=O)=O)cc1. The van der Waals surface area contributed by atoms with Gasteiger partial charge in [0.25, 0.3) is 0 Å². The van der Waals surface area contributed by atoms with Gasteiger partial charge in [-0.15, -0.1) is 0 Å². The maximum absolute atomic E-state index is 11.1. The molecular formula is C10H14O3S. The Kier molecular flexibility index (Phi) is 3.29. The van der Waals surface area contributed by atoms with Gasteiger partial charge in [0.05, 0.1) is 4.90 Å². The van der Waals surface area contributed by atoms with Crippen molar-refractivity contribution in [2.24, 2.45) is 0 Å². The zero-order valence-electron chi connectivity index (χ0n) is 8.27. The predicted octanol–water partition coefficient (Wildman–Crippen LogP) is 1.19. The molecule has 1 atom stereocenters. The van der Waals surface area contributed by atoms with Gasteiger partial charge >= 0.3 is 0 Å². The Morgan fingerprint density at radius 2 is 1.79 bits per heavy atom. The predicted molar refractivity (Wildman–Crippen MR) is 55.1 cm³/mol. The molecule has 0 radical (unpaired) electrons. The number of benzene rings is 1. The first-order valence-corrected chi connectivity index (χ1v) is 6.25. The average Bonchev–Trinajstić information content (AvgIpc) is 2.15. The summed E-state index contributed by atoms with van der Waals surface area (Å²) in [6.07, 6.45) is 1.18. The van der Waals surface area contributed by atoms with Crippen LogP contribution in [-0.4, -0.2) is 26.4 Å². The second-order valence-electron chi connectivity index (χ2n) is 3.42. The molecule has 78 valence electrons. The molecule has 0 spiro atoms. The molecule has 1 N–H and O–H groups in total. The first-order valence-electron chi connectivity index (χ1n) is 4.36. The molecule has 1 unspecified atom stereocenters. The molecule has 4 heteroatoms. The quantitative estimate of drug-likeness (QED) is 0.822. The van der Waals surface area contributed by atoms with Crippen LogP contribution in [0.4, 0.5) is 0 Å². The molecule has 0 aromatic heterocycles. The Bertz CT molecular complexity index is 392. The van der Waals surface area contributed by atoms with Gasteiger partial charge < -0.3 is 5.11 Å². The fourth-order valence-corrected chi connectivity index (χ4v) is 1.78. The molecule has 14 heavy (non-hydrogen) atoms. The molecule has 1 aromatic carbocycles. The maximum atomic E-state index is 11.1. The zero-order chi connectivity index (χ0) is 10.8. The number of hydrogen-bond acceptors (Lipinski definition) is 3. The fraction of sp³-hybridized carbons (Fsp3) is 0.400. The lowest BCUT2D eigenvalue weighted by Gasteiger charge is -2.08. The summed E-state index contributed by atoms with van der Waals surface area (Å²) in [6, 6.07) is 6.60. The number of rotatable bonds is 3. The van der Waals surface area contributed by atoms with Crippen molar-refractivity contribution in [3.63, 3.8) is 0 Å². The summed E-state index contributed by atoms with van der Waals surface area (Å²) in [6.45, 7) is 1.95. The van der Waals surface area contributed by atoms with Crippen molar-refractivity contribution in [2.75, 3.05) is 12.9 Å². The van der Waals surface area contributed by atoms with Gasteiger partial charge in [0.15, 0.2) is 9.84 Å². The molecule has 0 saturated heterocycles. The molecule has 1 rings (SSSR count). The second-order valence-corrected chi connectivity index (χ2v) is 5.44. The summed E-state index contributed by atoms with van der Waals surface area (Å²) < 4.78 is 22.3. The van der Waals surface area contributed by atoms with Gasteiger partial charge in [0.1, 0.15) is 0 Å². The summed E-state index contributed by atoms with van der Waals surface area (Å²) in [4.78, 5) is 0.311. The van der Waals surface area contributed by atoms with Crippen LogP contribution in [0.15, 0.2) is 29.2 Å². The Balaban J connectivity index is 3.01. The fourth-order valence-electron chi connectivity index (χ4n) is 1.15. The van der Waals surface area contributed by atoms with Crippen molar-refractivity contribution < 1.29 is 13.5 Å². The molecule has 0 fully saturated rings. The third-order valence-corrected chi connectivity index (χ3v) is 3.28. The molecule has 0 aliphatic rings. The third-order valence-electron chi connectivity index (χ3n) is 2.15. The van der Waals surface area contributed by atoms with E-state index in [0.29, 0.717) is 4.90 Å². The lowest BCUT2D eigenvalue weighted by Crippen LogP contribution is -2.01. The van der Waals surface area contributed by atoms with Gasteiger partial charge in [-0.1, -0.05) is 19.1 Å². The molecular weight excluding hydrogens is 200 g/mol. The second kappa shape index (κ2) is 4.11. The first kappa shape index (κ1) is 11.2. The van der Waals surface area contributed by atoms with Crippen LogP contribution in [0.3, 0.4) is 0 Å². The summed E-state index contributed by atoms with van der Waals surface area (Å²) >= 11 is 0. The van der Waals surface area contributed by atoms with Crippen molar-refractivity contribution in [3.8, 4) is 0 Å². The van der Waals surface area contributed by atoms with Crippen molar-refractivity contribution in [2.45, 2.75) is 17.7 Å².